The zero-order valence-corrected chi connectivity index (χ0v) is 11.2. The van der Waals surface area contributed by atoms with E-state index in [1.807, 2.05) is 0 Å². The predicted octanol–water partition coefficient (Wildman–Crippen LogP) is 1.39. The molecular formula is C12H21NO5. The summed E-state index contributed by atoms with van der Waals surface area (Å²) in [7, 11) is 1.51. The highest BCUT2D eigenvalue weighted by molar-refractivity contribution is 5.74. The number of hydrogen-bond donors (Lipinski definition) is 2. The molecule has 1 aliphatic carbocycles. The minimum Gasteiger partial charge on any atom is -0.481 e. The molecule has 1 fully saturated rings. The molecule has 18 heavy (non-hydrogen) atoms. The molecule has 1 aliphatic rings. The van der Waals surface area contributed by atoms with Crippen LogP contribution in [-0.4, -0.2) is 42.0 Å². The molecule has 6 nitrogen and oxygen atoms in total. The van der Waals surface area contributed by atoms with E-state index in [0.717, 1.165) is 0 Å². The number of amides is 1. The summed E-state index contributed by atoms with van der Waals surface area (Å²) < 4.78 is 10.3. The Hall–Kier alpha value is -1.30. The summed E-state index contributed by atoms with van der Waals surface area (Å²) >= 11 is 0. The van der Waals surface area contributed by atoms with Gasteiger partial charge in [-0.25, -0.2) is 4.79 Å². The van der Waals surface area contributed by atoms with Crippen LogP contribution >= 0.6 is 0 Å². The zero-order chi connectivity index (χ0) is 13.9. The molecule has 3 atom stereocenters. The smallest absolute Gasteiger partial charge is 0.407 e. The van der Waals surface area contributed by atoms with Crippen molar-refractivity contribution in [1.82, 2.24) is 5.32 Å². The third kappa shape index (κ3) is 3.87. The fourth-order valence-electron chi connectivity index (χ4n) is 2.14. The van der Waals surface area contributed by atoms with E-state index >= 15 is 0 Å². The lowest BCUT2D eigenvalue weighted by Crippen LogP contribution is -2.48. The SMILES string of the molecule is COC1CCC(C(=O)O)C1NC(=O)OC(C)(C)C. The number of nitrogens with one attached hydrogen (secondary N) is 1. The Morgan fingerprint density at radius 2 is 1.89 bits per heavy atom. The number of alkyl carbamates (subject to hydrolysis) is 1. The maximum absolute atomic E-state index is 11.7. The van der Waals surface area contributed by atoms with Crippen LogP contribution in [-0.2, 0) is 14.3 Å². The number of aliphatic carboxylic acids is 1. The van der Waals surface area contributed by atoms with Crippen LogP contribution in [0.5, 0.6) is 0 Å². The van der Waals surface area contributed by atoms with Gasteiger partial charge >= 0.3 is 12.1 Å². The van der Waals surface area contributed by atoms with Crippen LogP contribution in [0.1, 0.15) is 33.6 Å². The molecule has 0 aromatic rings. The summed E-state index contributed by atoms with van der Waals surface area (Å²) in [5.74, 6) is -1.54. The van der Waals surface area contributed by atoms with Crippen molar-refractivity contribution in [3.8, 4) is 0 Å². The van der Waals surface area contributed by atoms with Crippen LogP contribution in [0.25, 0.3) is 0 Å². The van der Waals surface area contributed by atoms with Crippen LogP contribution in [0.2, 0.25) is 0 Å². The number of carbonyl (C=O) groups is 2. The van der Waals surface area contributed by atoms with Crippen molar-refractivity contribution in [2.24, 2.45) is 5.92 Å². The first kappa shape index (κ1) is 14.8. The van der Waals surface area contributed by atoms with E-state index < -0.39 is 29.6 Å². The monoisotopic (exact) mass is 259 g/mol. The molecule has 1 rings (SSSR count). The first-order valence-corrected chi connectivity index (χ1v) is 5.99. The molecule has 0 bridgehead atoms. The molecule has 0 aliphatic heterocycles. The predicted molar refractivity (Wildman–Crippen MR) is 64.3 cm³/mol. The maximum atomic E-state index is 11.7. The largest absolute Gasteiger partial charge is 0.481 e. The molecule has 0 radical (unpaired) electrons. The number of carboxylic acids is 1. The van der Waals surface area contributed by atoms with Gasteiger partial charge in [-0.3, -0.25) is 4.79 Å². The van der Waals surface area contributed by atoms with Crippen molar-refractivity contribution >= 4 is 12.1 Å². The van der Waals surface area contributed by atoms with Gasteiger partial charge in [-0.2, -0.15) is 0 Å². The summed E-state index contributed by atoms with van der Waals surface area (Å²) in [4.78, 5) is 22.8. The van der Waals surface area contributed by atoms with E-state index in [-0.39, 0.29) is 6.10 Å². The summed E-state index contributed by atoms with van der Waals surface area (Å²) in [6.07, 6.45) is 0.226. The fraction of sp³-hybridized carbons (Fsp3) is 0.833. The lowest BCUT2D eigenvalue weighted by molar-refractivity contribution is -0.142. The van der Waals surface area contributed by atoms with Crippen LogP contribution in [0.4, 0.5) is 4.79 Å². The van der Waals surface area contributed by atoms with Gasteiger partial charge < -0.3 is 19.9 Å². The van der Waals surface area contributed by atoms with Crippen LogP contribution < -0.4 is 5.32 Å². The number of carbonyl (C=O) groups excluding carboxylic acids is 1. The molecule has 6 heteroatoms. The molecule has 1 saturated carbocycles. The molecule has 0 heterocycles. The van der Waals surface area contributed by atoms with Gasteiger partial charge in [0.05, 0.1) is 18.1 Å². The van der Waals surface area contributed by atoms with Crippen molar-refractivity contribution in [2.45, 2.75) is 51.4 Å². The number of hydrogen-bond acceptors (Lipinski definition) is 4. The minimum atomic E-state index is -0.921. The molecule has 1 amide bonds. The average molecular weight is 259 g/mol. The maximum Gasteiger partial charge on any atom is 0.407 e. The third-order valence-corrected chi connectivity index (χ3v) is 2.90. The third-order valence-electron chi connectivity index (χ3n) is 2.90. The highest BCUT2D eigenvalue weighted by atomic mass is 16.6. The molecule has 0 saturated heterocycles. The molecule has 0 aromatic carbocycles. The van der Waals surface area contributed by atoms with Crippen molar-refractivity contribution in [1.29, 1.82) is 0 Å². The molecule has 3 unspecified atom stereocenters. The van der Waals surface area contributed by atoms with Crippen LogP contribution in [0.15, 0.2) is 0 Å². The van der Waals surface area contributed by atoms with Gasteiger partial charge in [0.25, 0.3) is 0 Å². The Morgan fingerprint density at radius 1 is 1.28 bits per heavy atom. The second-order valence-electron chi connectivity index (χ2n) is 5.47. The Bertz CT molecular complexity index is 323. The van der Waals surface area contributed by atoms with Gasteiger partial charge in [-0.05, 0) is 33.6 Å². The Morgan fingerprint density at radius 3 is 2.33 bits per heavy atom. The zero-order valence-electron chi connectivity index (χ0n) is 11.2. The topological polar surface area (TPSA) is 84.9 Å². The normalized spacial score (nSPS) is 27.9. The van der Waals surface area contributed by atoms with Crippen molar-refractivity contribution in [3.05, 3.63) is 0 Å². The lowest BCUT2D eigenvalue weighted by atomic mass is 10.0. The van der Waals surface area contributed by atoms with Crippen LogP contribution in [0, 0.1) is 5.92 Å². The van der Waals surface area contributed by atoms with E-state index in [2.05, 4.69) is 5.32 Å². The lowest BCUT2D eigenvalue weighted by Gasteiger charge is -2.26. The van der Waals surface area contributed by atoms with Crippen molar-refractivity contribution in [3.63, 3.8) is 0 Å². The summed E-state index contributed by atoms with van der Waals surface area (Å²) in [5, 5.41) is 11.7. The molecule has 0 aromatic heterocycles. The molecule has 0 spiro atoms. The molecule has 2 N–H and O–H groups in total. The number of carboxylic acid groups (broad SMARTS) is 1. The van der Waals surface area contributed by atoms with E-state index in [1.54, 1.807) is 20.8 Å². The van der Waals surface area contributed by atoms with E-state index in [0.29, 0.717) is 12.8 Å². The van der Waals surface area contributed by atoms with Crippen LogP contribution in [0.3, 0.4) is 0 Å². The standard InChI is InChI=1S/C12H21NO5/c1-12(2,3)18-11(16)13-9-7(10(14)15)5-6-8(9)17-4/h7-9H,5-6H2,1-4H3,(H,13,16)(H,14,15). The van der Waals surface area contributed by atoms with Gasteiger partial charge in [0.15, 0.2) is 0 Å². The molecular weight excluding hydrogens is 238 g/mol. The summed E-state index contributed by atoms with van der Waals surface area (Å²) in [6, 6.07) is -0.539. The number of ether oxygens (including phenoxy) is 2. The van der Waals surface area contributed by atoms with Gasteiger partial charge in [0.1, 0.15) is 5.60 Å². The van der Waals surface area contributed by atoms with Crippen molar-refractivity contribution in [2.75, 3.05) is 7.11 Å². The Kier molecular flexibility index (Phi) is 4.56. The summed E-state index contributed by atoms with van der Waals surface area (Å²) in [6.45, 7) is 5.26. The fourth-order valence-corrected chi connectivity index (χ4v) is 2.14. The van der Waals surface area contributed by atoms with Gasteiger partial charge in [0, 0.05) is 7.11 Å². The number of rotatable bonds is 3. The Balaban J connectivity index is 2.66. The first-order valence-electron chi connectivity index (χ1n) is 5.99. The van der Waals surface area contributed by atoms with E-state index in [4.69, 9.17) is 14.6 Å². The average Bonchev–Trinajstić information content (AvgIpc) is 2.57. The van der Waals surface area contributed by atoms with Gasteiger partial charge in [-0.1, -0.05) is 0 Å². The second kappa shape index (κ2) is 5.56. The second-order valence-corrected chi connectivity index (χ2v) is 5.47. The van der Waals surface area contributed by atoms with Crippen molar-refractivity contribution < 1.29 is 24.2 Å². The Labute approximate surface area is 107 Å². The first-order chi connectivity index (χ1) is 8.24. The van der Waals surface area contributed by atoms with Gasteiger partial charge in [0.2, 0.25) is 0 Å². The van der Waals surface area contributed by atoms with E-state index in [9.17, 15) is 9.59 Å². The summed E-state index contributed by atoms with van der Waals surface area (Å²) in [5.41, 5.74) is -0.607. The highest BCUT2D eigenvalue weighted by Gasteiger charge is 2.42. The van der Waals surface area contributed by atoms with E-state index in [1.165, 1.54) is 7.11 Å². The highest BCUT2D eigenvalue weighted by Crippen LogP contribution is 2.28. The quantitative estimate of drug-likeness (QED) is 0.800. The minimum absolute atomic E-state index is 0.279. The van der Waals surface area contributed by atoms with Gasteiger partial charge in [-0.15, -0.1) is 0 Å². The molecule has 104 valence electrons. The number of methoxy groups -OCH3 is 1.